The van der Waals surface area contributed by atoms with E-state index in [9.17, 15) is 4.79 Å². The van der Waals surface area contributed by atoms with Gasteiger partial charge in [0.15, 0.2) is 0 Å². The largest absolute Gasteiger partial charge is 0.326 e. The SMILES string of the molecule is O=C(CC1CC2CCC1C2)Nc1ccc(-n2cc(Cl)cn2)cc1. The maximum atomic E-state index is 12.3. The summed E-state index contributed by atoms with van der Waals surface area (Å²) in [6.45, 7) is 0. The van der Waals surface area contributed by atoms with Crippen molar-refractivity contribution in [1.29, 1.82) is 0 Å². The summed E-state index contributed by atoms with van der Waals surface area (Å²) in [5, 5.41) is 7.79. The number of nitrogens with zero attached hydrogens (tertiary/aromatic N) is 2. The normalized spacial score (nSPS) is 25.7. The molecule has 3 unspecified atom stereocenters. The minimum Gasteiger partial charge on any atom is -0.326 e. The van der Waals surface area contributed by atoms with Crippen molar-refractivity contribution in [3.05, 3.63) is 41.7 Å². The molecule has 23 heavy (non-hydrogen) atoms. The molecule has 120 valence electrons. The standard InChI is InChI=1S/C18H20ClN3O/c19-15-10-20-22(11-15)17-5-3-16(4-6-17)21-18(23)9-14-8-12-1-2-13(14)7-12/h3-6,10-14H,1-2,7-9H2,(H,21,23). The van der Waals surface area contributed by atoms with Crippen LogP contribution in [0.3, 0.4) is 0 Å². The fourth-order valence-corrected chi connectivity index (χ4v) is 4.35. The van der Waals surface area contributed by atoms with Gasteiger partial charge in [-0.15, -0.1) is 0 Å². The molecule has 3 atom stereocenters. The number of rotatable bonds is 4. The number of benzene rings is 1. The Hall–Kier alpha value is -1.81. The molecule has 1 N–H and O–H groups in total. The molecule has 2 fully saturated rings. The van der Waals surface area contributed by atoms with E-state index in [-0.39, 0.29) is 5.91 Å². The topological polar surface area (TPSA) is 46.9 Å². The third kappa shape index (κ3) is 3.13. The van der Waals surface area contributed by atoms with Crippen LogP contribution in [-0.4, -0.2) is 15.7 Å². The summed E-state index contributed by atoms with van der Waals surface area (Å²) in [6, 6.07) is 7.67. The fraction of sp³-hybridized carbons (Fsp3) is 0.444. The zero-order valence-electron chi connectivity index (χ0n) is 12.9. The van der Waals surface area contributed by atoms with Crippen molar-refractivity contribution in [3.63, 3.8) is 0 Å². The van der Waals surface area contributed by atoms with Crippen LogP contribution in [0, 0.1) is 17.8 Å². The summed E-state index contributed by atoms with van der Waals surface area (Å²) in [4.78, 5) is 12.3. The van der Waals surface area contributed by atoms with Crippen molar-refractivity contribution in [2.75, 3.05) is 5.32 Å². The number of carbonyl (C=O) groups excluding carboxylic acids is 1. The smallest absolute Gasteiger partial charge is 0.224 e. The minimum atomic E-state index is 0.137. The fourth-order valence-electron chi connectivity index (χ4n) is 4.22. The lowest BCUT2D eigenvalue weighted by atomic mass is 9.86. The highest BCUT2D eigenvalue weighted by Crippen LogP contribution is 2.49. The lowest BCUT2D eigenvalue weighted by Crippen LogP contribution is -2.20. The minimum absolute atomic E-state index is 0.137. The third-order valence-electron chi connectivity index (χ3n) is 5.30. The van der Waals surface area contributed by atoms with Gasteiger partial charge in [0.2, 0.25) is 5.91 Å². The number of anilines is 1. The van der Waals surface area contributed by atoms with Gasteiger partial charge in [0.1, 0.15) is 0 Å². The van der Waals surface area contributed by atoms with Crippen LogP contribution in [0.15, 0.2) is 36.7 Å². The molecule has 0 aliphatic heterocycles. The first-order valence-electron chi connectivity index (χ1n) is 8.28. The van der Waals surface area contributed by atoms with E-state index in [0.717, 1.165) is 23.2 Å². The Bertz CT molecular complexity index is 709. The maximum Gasteiger partial charge on any atom is 0.224 e. The van der Waals surface area contributed by atoms with Gasteiger partial charge in [0.25, 0.3) is 0 Å². The zero-order chi connectivity index (χ0) is 15.8. The van der Waals surface area contributed by atoms with E-state index in [0.29, 0.717) is 17.4 Å². The Labute approximate surface area is 140 Å². The molecule has 5 heteroatoms. The lowest BCUT2D eigenvalue weighted by molar-refractivity contribution is -0.117. The van der Waals surface area contributed by atoms with Crippen LogP contribution < -0.4 is 5.32 Å². The number of halogens is 1. The van der Waals surface area contributed by atoms with Gasteiger partial charge in [0.05, 0.1) is 16.9 Å². The molecule has 4 rings (SSSR count). The van der Waals surface area contributed by atoms with E-state index < -0.39 is 0 Å². The van der Waals surface area contributed by atoms with Gasteiger partial charge in [0, 0.05) is 18.3 Å². The predicted octanol–water partition coefficient (Wildman–Crippen LogP) is 4.29. The number of hydrogen-bond donors (Lipinski definition) is 1. The number of hydrogen-bond acceptors (Lipinski definition) is 2. The quantitative estimate of drug-likeness (QED) is 0.909. The molecular weight excluding hydrogens is 310 g/mol. The van der Waals surface area contributed by atoms with Gasteiger partial charge in [-0.25, -0.2) is 4.68 Å². The number of carbonyl (C=O) groups is 1. The molecule has 1 aromatic heterocycles. The summed E-state index contributed by atoms with van der Waals surface area (Å²) in [7, 11) is 0. The maximum absolute atomic E-state index is 12.3. The van der Waals surface area contributed by atoms with Gasteiger partial charge in [-0.2, -0.15) is 5.10 Å². The number of fused-ring (bicyclic) bond motifs is 2. The summed E-state index contributed by atoms with van der Waals surface area (Å²) < 4.78 is 1.71. The molecule has 0 radical (unpaired) electrons. The molecular formula is C18H20ClN3O. The number of amides is 1. The van der Waals surface area contributed by atoms with Crippen molar-refractivity contribution < 1.29 is 4.79 Å². The molecule has 2 bridgehead atoms. The van der Waals surface area contributed by atoms with E-state index in [2.05, 4.69) is 10.4 Å². The second-order valence-corrected chi connectivity index (χ2v) is 7.27. The number of nitrogens with one attached hydrogen (secondary N) is 1. The highest BCUT2D eigenvalue weighted by Gasteiger charge is 2.40. The van der Waals surface area contributed by atoms with Crippen LogP contribution in [0.1, 0.15) is 32.1 Å². The molecule has 0 spiro atoms. The molecule has 1 amide bonds. The first-order chi connectivity index (χ1) is 11.2. The second-order valence-electron chi connectivity index (χ2n) is 6.84. The Morgan fingerprint density at radius 3 is 2.70 bits per heavy atom. The highest BCUT2D eigenvalue weighted by molar-refractivity contribution is 6.30. The highest BCUT2D eigenvalue weighted by atomic mass is 35.5. The van der Waals surface area contributed by atoms with Gasteiger partial charge in [-0.1, -0.05) is 18.0 Å². The van der Waals surface area contributed by atoms with Crippen molar-refractivity contribution in [1.82, 2.24) is 9.78 Å². The van der Waals surface area contributed by atoms with Gasteiger partial charge < -0.3 is 5.32 Å². The van der Waals surface area contributed by atoms with Crippen molar-refractivity contribution in [2.24, 2.45) is 17.8 Å². The summed E-state index contributed by atoms with van der Waals surface area (Å²) in [6.07, 6.45) is 9.32. The first-order valence-corrected chi connectivity index (χ1v) is 8.65. The molecule has 2 saturated carbocycles. The van der Waals surface area contributed by atoms with Crippen LogP contribution in [-0.2, 0) is 4.79 Å². The Kier molecular flexibility index (Phi) is 3.85. The molecule has 2 aromatic rings. The molecule has 2 aliphatic carbocycles. The zero-order valence-corrected chi connectivity index (χ0v) is 13.7. The van der Waals surface area contributed by atoms with E-state index >= 15 is 0 Å². The van der Waals surface area contributed by atoms with E-state index in [4.69, 9.17) is 11.6 Å². The average Bonchev–Trinajstić information content (AvgIpc) is 3.25. The average molecular weight is 330 g/mol. The molecule has 4 nitrogen and oxygen atoms in total. The second kappa shape index (κ2) is 6.00. The Morgan fingerprint density at radius 1 is 1.26 bits per heavy atom. The summed E-state index contributed by atoms with van der Waals surface area (Å²) >= 11 is 5.88. The summed E-state index contributed by atoms with van der Waals surface area (Å²) in [5.74, 6) is 2.41. The van der Waals surface area contributed by atoms with E-state index in [1.807, 2.05) is 24.3 Å². The third-order valence-corrected chi connectivity index (χ3v) is 5.49. The molecule has 2 aliphatic rings. The van der Waals surface area contributed by atoms with E-state index in [1.54, 1.807) is 17.1 Å². The van der Waals surface area contributed by atoms with Gasteiger partial charge >= 0.3 is 0 Å². The van der Waals surface area contributed by atoms with Crippen LogP contribution in [0.25, 0.3) is 5.69 Å². The monoisotopic (exact) mass is 329 g/mol. The Balaban J connectivity index is 1.36. The van der Waals surface area contributed by atoms with Gasteiger partial charge in [-0.3, -0.25) is 4.79 Å². The van der Waals surface area contributed by atoms with Gasteiger partial charge in [-0.05, 0) is 61.3 Å². The van der Waals surface area contributed by atoms with Crippen molar-refractivity contribution in [3.8, 4) is 5.69 Å². The Morgan fingerprint density at radius 2 is 2.09 bits per heavy atom. The lowest BCUT2D eigenvalue weighted by Gasteiger charge is -2.20. The number of aromatic nitrogens is 2. The van der Waals surface area contributed by atoms with Crippen LogP contribution in [0.2, 0.25) is 5.02 Å². The molecule has 0 saturated heterocycles. The first kappa shape index (κ1) is 14.8. The predicted molar refractivity (Wildman–Crippen MR) is 90.8 cm³/mol. The van der Waals surface area contributed by atoms with Crippen LogP contribution >= 0.6 is 11.6 Å². The van der Waals surface area contributed by atoms with Crippen molar-refractivity contribution in [2.45, 2.75) is 32.1 Å². The molecule has 1 aromatic carbocycles. The summed E-state index contributed by atoms with van der Waals surface area (Å²) in [5.41, 5.74) is 1.75. The van der Waals surface area contributed by atoms with E-state index in [1.165, 1.54) is 25.7 Å². The van der Waals surface area contributed by atoms with Crippen molar-refractivity contribution >= 4 is 23.2 Å². The van der Waals surface area contributed by atoms with Crippen LogP contribution in [0.5, 0.6) is 0 Å². The van der Waals surface area contributed by atoms with Crippen LogP contribution in [0.4, 0.5) is 5.69 Å². The molecule has 1 heterocycles.